The first-order valence-corrected chi connectivity index (χ1v) is 8.00. The Morgan fingerprint density at radius 2 is 2.16 bits per heavy atom. The van der Waals surface area contributed by atoms with Gasteiger partial charge in [0.25, 0.3) is 0 Å². The lowest BCUT2D eigenvalue weighted by Crippen LogP contribution is -2.56. The number of thiophene rings is 1. The molecule has 1 atom stereocenters. The highest BCUT2D eigenvalue weighted by Crippen LogP contribution is 2.39. The fourth-order valence-electron chi connectivity index (χ4n) is 3.30. The molecule has 1 saturated carbocycles. The van der Waals surface area contributed by atoms with Crippen molar-refractivity contribution in [2.24, 2.45) is 28.3 Å². The zero-order chi connectivity index (χ0) is 13.5. The molecule has 1 unspecified atom stereocenters. The highest BCUT2D eigenvalue weighted by atomic mass is 32.1. The first kappa shape index (κ1) is 12.9. The number of anilines is 1. The lowest BCUT2D eigenvalue weighted by atomic mass is 9.77. The first-order chi connectivity index (χ1) is 9.12. The Kier molecular flexibility index (Phi) is 3.27. The van der Waals surface area contributed by atoms with Gasteiger partial charge in [0.1, 0.15) is 5.84 Å². The third-order valence-corrected chi connectivity index (χ3v) is 5.52. The van der Waals surface area contributed by atoms with Gasteiger partial charge in [0.05, 0.1) is 10.6 Å². The van der Waals surface area contributed by atoms with E-state index in [-0.39, 0.29) is 0 Å². The fraction of sp³-hybridized carbons (Fsp3) is 0.643. The number of aliphatic imine (C=N–C) groups is 1. The Morgan fingerprint density at radius 1 is 1.42 bits per heavy atom. The summed E-state index contributed by atoms with van der Waals surface area (Å²) in [6.07, 6.45) is 6.07. The first-order valence-electron chi connectivity index (χ1n) is 7.12. The number of rotatable bonds is 2. The molecule has 1 aromatic heterocycles. The van der Waals surface area contributed by atoms with Gasteiger partial charge in [-0.15, -0.1) is 11.3 Å². The summed E-state index contributed by atoms with van der Waals surface area (Å²) < 4.78 is 0. The van der Waals surface area contributed by atoms with Crippen molar-refractivity contribution in [1.29, 1.82) is 0 Å². The molecule has 0 bridgehead atoms. The Labute approximate surface area is 118 Å². The van der Waals surface area contributed by atoms with Gasteiger partial charge in [-0.3, -0.25) is 5.73 Å². The van der Waals surface area contributed by atoms with Crippen LogP contribution < -0.4 is 16.8 Å². The van der Waals surface area contributed by atoms with E-state index in [1.807, 2.05) is 11.4 Å². The summed E-state index contributed by atoms with van der Waals surface area (Å²) in [6.45, 7) is 2.27. The predicted octanol–water partition coefficient (Wildman–Crippen LogP) is 2.71. The van der Waals surface area contributed by atoms with E-state index >= 15 is 0 Å². The molecule has 0 radical (unpaired) electrons. The van der Waals surface area contributed by atoms with Gasteiger partial charge in [-0.05, 0) is 43.0 Å². The van der Waals surface area contributed by atoms with E-state index in [2.05, 4.69) is 17.2 Å². The molecule has 4 nitrogen and oxygen atoms in total. The third-order valence-electron chi connectivity index (χ3n) is 4.58. The second-order valence-corrected chi connectivity index (χ2v) is 6.65. The van der Waals surface area contributed by atoms with E-state index in [1.54, 1.807) is 11.3 Å². The molecular weight excluding hydrogens is 256 g/mol. The largest absolute Gasteiger partial charge is 0.383 e. The van der Waals surface area contributed by atoms with Gasteiger partial charge >= 0.3 is 0 Å². The summed E-state index contributed by atoms with van der Waals surface area (Å²) in [4.78, 5) is 5.59. The number of amidine groups is 1. The van der Waals surface area contributed by atoms with Gasteiger partial charge < -0.3 is 11.1 Å². The number of nitrogens with zero attached hydrogens (tertiary/aromatic N) is 1. The fourth-order valence-corrected chi connectivity index (χ4v) is 4.06. The quantitative estimate of drug-likeness (QED) is 0.778. The molecule has 3 rings (SSSR count). The average Bonchev–Trinajstić information content (AvgIpc) is 2.87. The lowest BCUT2D eigenvalue weighted by Gasteiger charge is -2.41. The number of nitrogens with two attached hydrogens (primary N) is 2. The van der Waals surface area contributed by atoms with Crippen molar-refractivity contribution in [2.45, 2.75) is 44.8 Å². The van der Waals surface area contributed by atoms with Crippen LogP contribution in [0.3, 0.4) is 0 Å². The molecule has 2 aliphatic rings. The molecule has 5 heteroatoms. The minimum absolute atomic E-state index is 0.377. The normalized spacial score (nSPS) is 34.3. The van der Waals surface area contributed by atoms with E-state index in [1.165, 1.54) is 19.3 Å². The summed E-state index contributed by atoms with van der Waals surface area (Å²) in [7, 11) is 0. The number of hydrogen-bond donors (Lipinski definition) is 3. The van der Waals surface area contributed by atoms with Gasteiger partial charge in [0, 0.05) is 5.92 Å². The van der Waals surface area contributed by atoms with Crippen molar-refractivity contribution in [2.75, 3.05) is 5.32 Å². The summed E-state index contributed by atoms with van der Waals surface area (Å²) in [5.41, 5.74) is 13.6. The van der Waals surface area contributed by atoms with Crippen LogP contribution in [0.4, 0.5) is 5.69 Å². The lowest BCUT2D eigenvalue weighted by molar-refractivity contribution is 0.193. The van der Waals surface area contributed by atoms with Gasteiger partial charge in [-0.25, -0.2) is 4.99 Å². The van der Waals surface area contributed by atoms with Crippen LogP contribution in [0.15, 0.2) is 16.4 Å². The van der Waals surface area contributed by atoms with Gasteiger partial charge in [-0.2, -0.15) is 0 Å². The van der Waals surface area contributed by atoms with Crippen molar-refractivity contribution in [1.82, 2.24) is 0 Å². The molecule has 2 heterocycles. The SMILES string of the molecule is CCC1CCC(C2(N)N=C(N)c3sccc3N2)CC1. The Morgan fingerprint density at radius 3 is 2.84 bits per heavy atom. The molecule has 0 saturated heterocycles. The Balaban J connectivity index is 1.80. The maximum atomic E-state index is 6.51. The topological polar surface area (TPSA) is 76.4 Å². The molecule has 1 aromatic rings. The monoisotopic (exact) mass is 278 g/mol. The van der Waals surface area contributed by atoms with E-state index in [4.69, 9.17) is 11.5 Å². The van der Waals surface area contributed by atoms with Gasteiger partial charge in [0.15, 0.2) is 5.79 Å². The Hall–Kier alpha value is -1.07. The molecule has 104 valence electrons. The van der Waals surface area contributed by atoms with Crippen molar-refractivity contribution in [3.63, 3.8) is 0 Å². The molecule has 0 spiro atoms. The molecule has 19 heavy (non-hydrogen) atoms. The molecule has 1 fully saturated rings. The standard InChI is InChI=1S/C14H22N4S/c1-2-9-3-5-10(6-4-9)14(16)17-11-7-8-19-12(11)13(15)18-14/h7-10,17H,2-6,16H2,1H3,(H2,15,18). The zero-order valence-electron chi connectivity index (χ0n) is 11.4. The smallest absolute Gasteiger partial charge is 0.187 e. The number of fused-ring (bicyclic) bond motifs is 1. The van der Waals surface area contributed by atoms with E-state index in [0.29, 0.717) is 11.8 Å². The second-order valence-electron chi connectivity index (χ2n) is 5.74. The minimum Gasteiger partial charge on any atom is -0.383 e. The minimum atomic E-state index is -0.711. The van der Waals surface area contributed by atoms with Crippen molar-refractivity contribution >= 4 is 22.9 Å². The zero-order valence-corrected chi connectivity index (χ0v) is 12.2. The van der Waals surface area contributed by atoms with E-state index < -0.39 is 5.79 Å². The number of nitrogens with one attached hydrogen (secondary N) is 1. The maximum absolute atomic E-state index is 6.51. The summed E-state index contributed by atoms with van der Waals surface area (Å²) in [5, 5.41) is 5.43. The van der Waals surface area contributed by atoms with Crippen molar-refractivity contribution < 1.29 is 0 Å². The molecule has 0 aromatic carbocycles. The van der Waals surface area contributed by atoms with Crippen LogP contribution in [0.25, 0.3) is 0 Å². The predicted molar refractivity (Wildman–Crippen MR) is 81.3 cm³/mol. The molecule has 1 aliphatic carbocycles. The molecule has 0 amide bonds. The van der Waals surface area contributed by atoms with Crippen LogP contribution >= 0.6 is 11.3 Å². The van der Waals surface area contributed by atoms with Gasteiger partial charge in [-0.1, -0.05) is 13.3 Å². The van der Waals surface area contributed by atoms with E-state index in [9.17, 15) is 0 Å². The average molecular weight is 278 g/mol. The summed E-state index contributed by atoms with van der Waals surface area (Å²) >= 11 is 1.61. The van der Waals surface area contributed by atoms with Crippen LogP contribution in [0.1, 0.15) is 43.9 Å². The van der Waals surface area contributed by atoms with Crippen molar-refractivity contribution in [3.05, 3.63) is 16.3 Å². The highest BCUT2D eigenvalue weighted by molar-refractivity contribution is 7.12. The molecule has 1 aliphatic heterocycles. The summed E-state index contributed by atoms with van der Waals surface area (Å²) in [5.74, 6) is 1.11. The maximum Gasteiger partial charge on any atom is 0.187 e. The van der Waals surface area contributed by atoms with Crippen LogP contribution in [-0.4, -0.2) is 11.6 Å². The van der Waals surface area contributed by atoms with Crippen LogP contribution in [0.5, 0.6) is 0 Å². The molecule has 5 N–H and O–H groups in total. The third kappa shape index (κ3) is 2.25. The van der Waals surface area contributed by atoms with Gasteiger partial charge in [0.2, 0.25) is 0 Å². The Bertz CT molecular complexity index is 487. The van der Waals surface area contributed by atoms with Crippen LogP contribution in [0, 0.1) is 11.8 Å². The summed E-state index contributed by atoms with van der Waals surface area (Å²) in [6, 6.07) is 2.04. The van der Waals surface area contributed by atoms with E-state index in [0.717, 1.165) is 29.3 Å². The van der Waals surface area contributed by atoms with Crippen LogP contribution in [-0.2, 0) is 0 Å². The highest BCUT2D eigenvalue weighted by Gasteiger charge is 2.40. The second kappa shape index (κ2) is 4.80. The van der Waals surface area contributed by atoms with Crippen molar-refractivity contribution in [3.8, 4) is 0 Å². The number of hydrogen-bond acceptors (Lipinski definition) is 5. The van der Waals surface area contributed by atoms with Crippen LogP contribution in [0.2, 0.25) is 0 Å². The molecular formula is C14H22N4S.